The van der Waals surface area contributed by atoms with Gasteiger partial charge in [-0.05, 0) is 48.2 Å². The molecule has 0 aliphatic rings. The van der Waals surface area contributed by atoms with E-state index in [0.717, 1.165) is 18.4 Å². The summed E-state index contributed by atoms with van der Waals surface area (Å²) in [5, 5.41) is 5.24. The first-order valence-electron chi connectivity index (χ1n) is 9.60. The Kier molecular flexibility index (Phi) is 7.41. The lowest BCUT2D eigenvalue weighted by Crippen LogP contribution is -2.36. The maximum Gasteiger partial charge on any atom is 0.313 e. The lowest BCUT2D eigenvalue weighted by molar-refractivity contribution is -0.136. The topological polar surface area (TPSA) is 67.4 Å². The van der Waals surface area contributed by atoms with Crippen molar-refractivity contribution >= 4 is 17.5 Å². The van der Waals surface area contributed by atoms with Crippen LogP contribution in [0.15, 0.2) is 84.9 Å². The van der Waals surface area contributed by atoms with E-state index >= 15 is 0 Å². The molecule has 0 atom stereocenters. The van der Waals surface area contributed by atoms with Crippen molar-refractivity contribution in [3.8, 4) is 5.75 Å². The molecule has 5 heteroatoms. The van der Waals surface area contributed by atoms with Gasteiger partial charge in [-0.3, -0.25) is 9.59 Å². The Morgan fingerprint density at radius 1 is 0.724 bits per heavy atom. The second-order valence-electron chi connectivity index (χ2n) is 6.60. The Labute approximate surface area is 170 Å². The van der Waals surface area contributed by atoms with Crippen molar-refractivity contribution in [3.05, 3.63) is 96.1 Å². The van der Waals surface area contributed by atoms with Gasteiger partial charge in [-0.1, -0.05) is 60.7 Å². The normalized spacial score (nSPS) is 10.2. The molecule has 3 rings (SSSR count). The molecule has 0 aliphatic carbocycles. The molecule has 0 fully saturated rings. The van der Waals surface area contributed by atoms with Crippen LogP contribution in [0.2, 0.25) is 0 Å². The van der Waals surface area contributed by atoms with Crippen LogP contribution < -0.4 is 15.4 Å². The second kappa shape index (κ2) is 10.7. The van der Waals surface area contributed by atoms with Gasteiger partial charge in [0.05, 0.1) is 0 Å². The van der Waals surface area contributed by atoms with E-state index in [9.17, 15) is 9.59 Å². The first kappa shape index (κ1) is 20.1. The fraction of sp³-hybridized carbons (Fsp3) is 0.167. The third kappa shape index (κ3) is 6.81. The third-order valence-electron chi connectivity index (χ3n) is 4.34. The molecule has 0 saturated carbocycles. The van der Waals surface area contributed by atoms with Gasteiger partial charge in [0.25, 0.3) is 0 Å². The highest BCUT2D eigenvalue weighted by molar-refractivity contribution is 6.39. The molecule has 29 heavy (non-hydrogen) atoms. The van der Waals surface area contributed by atoms with Crippen LogP contribution >= 0.6 is 0 Å². The molecule has 3 aromatic rings. The fourth-order valence-electron chi connectivity index (χ4n) is 2.78. The van der Waals surface area contributed by atoms with Crippen molar-refractivity contribution in [1.29, 1.82) is 0 Å². The van der Waals surface area contributed by atoms with Crippen molar-refractivity contribution < 1.29 is 14.3 Å². The van der Waals surface area contributed by atoms with E-state index in [1.807, 2.05) is 60.7 Å². The zero-order valence-electron chi connectivity index (χ0n) is 16.1. The molecule has 5 nitrogen and oxygen atoms in total. The fourth-order valence-corrected chi connectivity index (χ4v) is 2.78. The van der Waals surface area contributed by atoms with E-state index in [4.69, 9.17) is 4.74 Å². The van der Waals surface area contributed by atoms with Gasteiger partial charge in [-0.15, -0.1) is 0 Å². The molecule has 0 spiro atoms. The average Bonchev–Trinajstić information content (AvgIpc) is 2.77. The molecule has 0 radical (unpaired) electrons. The van der Waals surface area contributed by atoms with E-state index < -0.39 is 11.8 Å². The van der Waals surface area contributed by atoms with E-state index in [1.54, 1.807) is 24.3 Å². The lowest BCUT2D eigenvalue weighted by Gasteiger charge is -2.09. The first-order valence-corrected chi connectivity index (χ1v) is 9.60. The van der Waals surface area contributed by atoms with E-state index in [-0.39, 0.29) is 0 Å². The van der Waals surface area contributed by atoms with Gasteiger partial charge in [0.1, 0.15) is 12.4 Å². The molecule has 0 unspecified atom stereocenters. The van der Waals surface area contributed by atoms with Gasteiger partial charge < -0.3 is 15.4 Å². The zero-order chi connectivity index (χ0) is 20.3. The minimum absolute atomic E-state index is 0.452. The predicted octanol–water partition coefficient (Wildman–Crippen LogP) is 3.95. The van der Waals surface area contributed by atoms with Crippen LogP contribution in [-0.2, 0) is 22.6 Å². The number of carbonyl (C=O) groups is 2. The van der Waals surface area contributed by atoms with Gasteiger partial charge >= 0.3 is 11.8 Å². The Balaban J connectivity index is 1.38. The van der Waals surface area contributed by atoms with Crippen LogP contribution in [0.5, 0.6) is 5.75 Å². The SMILES string of the molecule is O=C(NCCCc1ccccc1)C(=O)Nc1ccc(OCc2ccccc2)cc1. The van der Waals surface area contributed by atoms with Crippen LogP contribution in [0.1, 0.15) is 17.5 Å². The van der Waals surface area contributed by atoms with Crippen LogP contribution in [-0.4, -0.2) is 18.4 Å². The van der Waals surface area contributed by atoms with Crippen molar-refractivity contribution in [2.75, 3.05) is 11.9 Å². The molecule has 3 aromatic carbocycles. The van der Waals surface area contributed by atoms with E-state index in [0.29, 0.717) is 24.6 Å². The summed E-state index contributed by atoms with van der Waals surface area (Å²) >= 11 is 0. The first-order chi connectivity index (χ1) is 14.2. The van der Waals surface area contributed by atoms with E-state index in [2.05, 4.69) is 10.6 Å². The van der Waals surface area contributed by atoms with E-state index in [1.165, 1.54) is 5.56 Å². The van der Waals surface area contributed by atoms with Gasteiger partial charge in [0.2, 0.25) is 0 Å². The summed E-state index contributed by atoms with van der Waals surface area (Å²) in [6, 6.07) is 26.8. The maximum atomic E-state index is 12.0. The maximum absolute atomic E-state index is 12.0. The number of aryl methyl sites for hydroxylation is 1. The standard InChI is InChI=1S/C24H24N2O3/c27-23(25-17-7-12-19-8-3-1-4-9-19)24(28)26-21-13-15-22(16-14-21)29-18-20-10-5-2-6-11-20/h1-6,8-11,13-16H,7,12,17-18H2,(H,25,27)(H,26,28). The number of amides is 2. The molecular weight excluding hydrogens is 364 g/mol. The van der Waals surface area contributed by atoms with Gasteiger partial charge in [0, 0.05) is 12.2 Å². The number of hydrogen-bond donors (Lipinski definition) is 2. The number of rotatable bonds is 8. The molecule has 0 heterocycles. The van der Waals surface area contributed by atoms with Crippen LogP contribution in [0.3, 0.4) is 0 Å². The van der Waals surface area contributed by atoms with Crippen molar-refractivity contribution in [1.82, 2.24) is 5.32 Å². The Morgan fingerprint density at radius 3 is 2.00 bits per heavy atom. The Bertz CT molecular complexity index is 910. The summed E-state index contributed by atoms with van der Waals surface area (Å²) in [5.41, 5.74) is 2.83. The minimum Gasteiger partial charge on any atom is -0.489 e. The number of anilines is 1. The third-order valence-corrected chi connectivity index (χ3v) is 4.34. The van der Waals surface area contributed by atoms with Gasteiger partial charge in [-0.2, -0.15) is 0 Å². The number of carbonyl (C=O) groups excluding carboxylic acids is 2. The highest BCUT2D eigenvalue weighted by Crippen LogP contribution is 2.17. The number of ether oxygens (including phenoxy) is 1. The Morgan fingerprint density at radius 2 is 1.34 bits per heavy atom. The van der Waals surface area contributed by atoms with Gasteiger partial charge in [-0.25, -0.2) is 0 Å². The molecule has 2 N–H and O–H groups in total. The summed E-state index contributed by atoms with van der Waals surface area (Å²) in [4.78, 5) is 24.0. The molecule has 0 saturated heterocycles. The highest BCUT2D eigenvalue weighted by atomic mass is 16.5. The average molecular weight is 388 g/mol. The summed E-state index contributed by atoms with van der Waals surface area (Å²) in [7, 11) is 0. The second-order valence-corrected chi connectivity index (χ2v) is 6.60. The largest absolute Gasteiger partial charge is 0.489 e. The van der Waals surface area contributed by atoms with Crippen molar-refractivity contribution in [2.45, 2.75) is 19.4 Å². The summed E-state index contributed by atoms with van der Waals surface area (Å²) in [5.74, 6) is -0.623. The number of hydrogen-bond acceptors (Lipinski definition) is 3. The van der Waals surface area contributed by atoms with Crippen molar-refractivity contribution in [3.63, 3.8) is 0 Å². The summed E-state index contributed by atoms with van der Waals surface area (Å²) in [6.07, 6.45) is 1.63. The van der Waals surface area contributed by atoms with Crippen LogP contribution in [0.4, 0.5) is 5.69 Å². The zero-order valence-corrected chi connectivity index (χ0v) is 16.1. The smallest absolute Gasteiger partial charge is 0.313 e. The molecule has 0 bridgehead atoms. The van der Waals surface area contributed by atoms with Crippen LogP contribution in [0.25, 0.3) is 0 Å². The number of nitrogens with one attached hydrogen (secondary N) is 2. The van der Waals surface area contributed by atoms with Crippen molar-refractivity contribution in [2.24, 2.45) is 0 Å². The number of benzene rings is 3. The molecule has 0 aliphatic heterocycles. The van der Waals surface area contributed by atoms with Crippen LogP contribution in [0, 0.1) is 0 Å². The summed E-state index contributed by atoms with van der Waals surface area (Å²) in [6.45, 7) is 0.922. The molecular formula is C24H24N2O3. The minimum atomic E-state index is -0.678. The quantitative estimate of drug-likeness (QED) is 0.453. The summed E-state index contributed by atoms with van der Waals surface area (Å²) < 4.78 is 5.71. The molecule has 148 valence electrons. The molecule has 0 aromatic heterocycles. The van der Waals surface area contributed by atoms with Gasteiger partial charge in [0.15, 0.2) is 0 Å². The Hall–Kier alpha value is -3.60. The lowest BCUT2D eigenvalue weighted by atomic mass is 10.1. The monoisotopic (exact) mass is 388 g/mol. The highest BCUT2D eigenvalue weighted by Gasteiger charge is 2.13. The predicted molar refractivity (Wildman–Crippen MR) is 114 cm³/mol. The molecule has 2 amide bonds.